The van der Waals surface area contributed by atoms with Gasteiger partial charge < -0.3 is 10.6 Å². The molecule has 0 saturated carbocycles. The topological polar surface area (TPSA) is 74.8 Å². The Bertz CT molecular complexity index is 893. The second-order valence-corrected chi connectivity index (χ2v) is 6.22. The van der Waals surface area contributed by atoms with Gasteiger partial charge in [-0.1, -0.05) is 72.8 Å². The van der Waals surface area contributed by atoms with Crippen molar-refractivity contribution >= 4 is 17.6 Å². The van der Waals surface area contributed by atoms with Crippen molar-refractivity contribution < 1.29 is 19.3 Å². The zero-order valence-electron chi connectivity index (χ0n) is 15.1. The number of halogens is 1. The molecule has 3 amide bonds. The number of rotatable bonds is 6. The number of urea groups is 1. The first-order chi connectivity index (χ1) is 13.6. The molecule has 6 heteroatoms. The Morgan fingerprint density at radius 2 is 1.36 bits per heavy atom. The van der Waals surface area contributed by atoms with Crippen molar-refractivity contribution in [3.05, 3.63) is 102 Å². The van der Waals surface area contributed by atoms with Crippen LogP contribution in [0, 0.1) is 5.82 Å². The Hall–Kier alpha value is -3.51. The van der Waals surface area contributed by atoms with Gasteiger partial charge >= 0.3 is 6.03 Å². The molecule has 0 aliphatic rings. The smallest absolute Gasteiger partial charge is 0.326 e. The zero-order valence-corrected chi connectivity index (χ0v) is 15.1. The molecule has 0 heterocycles. The van der Waals surface area contributed by atoms with E-state index in [2.05, 4.69) is 10.6 Å². The first-order valence-corrected chi connectivity index (χ1v) is 8.92. The number of carbonyl (C=O) groups excluding carboxylic acids is 2. The molecule has 3 rings (SSSR count). The first kappa shape index (κ1) is 19.3. The fourth-order valence-electron chi connectivity index (χ4n) is 2.90. The number of quaternary nitrogens is 1. The molecular formula is C22H21FN3O2+. The molecule has 0 bridgehead atoms. The number of carbonyl (C=O) groups is 2. The predicted octanol–water partition coefficient (Wildman–Crippen LogP) is 2.83. The molecule has 0 fully saturated rings. The van der Waals surface area contributed by atoms with E-state index in [1.807, 2.05) is 66.0 Å². The van der Waals surface area contributed by atoms with Crippen LogP contribution in [0.4, 0.5) is 14.9 Å². The van der Waals surface area contributed by atoms with Crippen molar-refractivity contribution in [2.75, 3.05) is 11.9 Å². The van der Waals surface area contributed by atoms with E-state index in [1.54, 1.807) is 6.07 Å². The van der Waals surface area contributed by atoms with Gasteiger partial charge in [0, 0.05) is 11.1 Å². The molecule has 0 aliphatic heterocycles. The predicted molar refractivity (Wildman–Crippen MR) is 105 cm³/mol. The maximum Gasteiger partial charge on any atom is 0.326 e. The number of hydrogen-bond donors (Lipinski definition) is 3. The summed E-state index contributed by atoms with van der Waals surface area (Å²) in [5, 5.41) is 6.42. The lowest BCUT2D eigenvalue weighted by atomic mass is 9.99. The Labute approximate surface area is 162 Å². The van der Waals surface area contributed by atoms with Gasteiger partial charge in [0.05, 0.1) is 5.69 Å². The minimum Gasteiger partial charge on any atom is -0.328 e. The summed E-state index contributed by atoms with van der Waals surface area (Å²) in [7, 11) is 0. The van der Waals surface area contributed by atoms with E-state index in [0.717, 1.165) is 11.1 Å². The molecule has 0 unspecified atom stereocenters. The van der Waals surface area contributed by atoms with Gasteiger partial charge in [-0.2, -0.15) is 0 Å². The van der Waals surface area contributed by atoms with Crippen LogP contribution >= 0.6 is 0 Å². The molecule has 3 aromatic rings. The van der Waals surface area contributed by atoms with Gasteiger partial charge in [-0.25, -0.2) is 9.18 Å². The van der Waals surface area contributed by atoms with Gasteiger partial charge in [0.15, 0.2) is 6.54 Å². The molecular weight excluding hydrogens is 357 g/mol. The Morgan fingerprint density at radius 1 is 0.821 bits per heavy atom. The average molecular weight is 378 g/mol. The van der Waals surface area contributed by atoms with Crippen LogP contribution in [0.5, 0.6) is 0 Å². The average Bonchev–Trinajstić information content (AvgIpc) is 2.71. The second-order valence-electron chi connectivity index (χ2n) is 6.22. The van der Waals surface area contributed by atoms with Crippen molar-refractivity contribution in [2.24, 2.45) is 0 Å². The molecule has 3 aromatic carbocycles. The maximum absolute atomic E-state index is 13.6. The highest BCUT2D eigenvalue weighted by Crippen LogP contribution is 2.17. The summed E-state index contributed by atoms with van der Waals surface area (Å²) in [6, 6.07) is 24.6. The lowest BCUT2D eigenvalue weighted by Crippen LogP contribution is -2.87. The number of nitrogens with one attached hydrogen (secondary N) is 2. The van der Waals surface area contributed by atoms with E-state index in [9.17, 15) is 14.0 Å². The van der Waals surface area contributed by atoms with Crippen molar-refractivity contribution in [2.45, 2.75) is 6.04 Å². The van der Waals surface area contributed by atoms with Gasteiger partial charge in [0.2, 0.25) is 0 Å². The van der Waals surface area contributed by atoms with Gasteiger partial charge in [0.1, 0.15) is 11.9 Å². The van der Waals surface area contributed by atoms with Crippen molar-refractivity contribution in [3.63, 3.8) is 0 Å². The first-order valence-electron chi connectivity index (χ1n) is 8.92. The summed E-state index contributed by atoms with van der Waals surface area (Å²) in [6.07, 6.45) is 0. The third-order valence-corrected chi connectivity index (χ3v) is 4.23. The number of para-hydroxylation sites is 1. The Balaban J connectivity index is 1.61. The molecule has 0 radical (unpaired) electrons. The molecule has 4 N–H and O–H groups in total. The van der Waals surface area contributed by atoms with Crippen molar-refractivity contribution in [3.8, 4) is 0 Å². The van der Waals surface area contributed by atoms with E-state index in [-0.39, 0.29) is 18.3 Å². The fourth-order valence-corrected chi connectivity index (χ4v) is 2.90. The largest absolute Gasteiger partial charge is 0.328 e. The number of hydrogen-bond acceptors (Lipinski definition) is 2. The number of nitrogens with two attached hydrogens (primary N) is 1. The number of anilines is 1. The van der Waals surface area contributed by atoms with Crippen LogP contribution in [-0.2, 0) is 4.79 Å². The fraction of sp³-hybridized carbons (Fsp3) is 0.0909. The number of imide groups is 1. The molecule has 0 atom stereocenters. The summed E-state index contributed by atoms with van der Waals surface area (Å²) in [6.45, 7) is 0.0408. The maximum atomic E-state index is 13.6. The van der Waals surface area contributed by atoms with Crippen LogP contribution < -0.4 is 16.0 Å². The Morgan fingerprint density at radius 3 is 1.93 bits per heavy atom. The highest BCUT2D eigenvalue weighted by Gasteiger charge is 2.19. The molecule has 0 saturated heterocycles. The molecule has 0 aliphatic carbocycles. The third kappa shape index (κ3) is 5.25. The van der Waals surface area contributed by atoms with E-state index in [1.165, 1.54) is 18.2 Å². The van der Waals surface area contributed by atoms with Crippen LogP contribution in [0.1, 0.15) is 17.2 Å². The van der Waals surface area contributed by atoms with Gasteiger partial charge in [-0.05, 0) is 12.1 Å². The van der Waals surface area contributed by atoms with Gasteiger partial charge in [0.25, 0.3) is 5.91 Å². The Kier molecular flexibility index (Phi) is 6.49. The van der Waals surface area contributed by atoms with Crippen LogP contribution in [-0.4, -0.2) is 18.5 Å². The molecule has 28 heavy (non-hydrogen) atoms. The monoisotopic (exact) mass is 378 g/mol. The summed E-state index contributed by atoms with van der Waals surface area (Å²) >= 11 is 0. The zero-order chi connectivity index (χ0) is 19.8. The standard InChI is InChI=1S/C22H20FN3O2/c23-18-13-7-8-14-19(18)25-22(28)26-20(27)15-24-21(16-9-3-1-4-10-16)17-11-5-2-6-12-17/h1-14,21,24H,15H2,(H2,25,26,27,28)/p+1. The highest BCUT2D eigenvalue weighted by atomic mass is 19.1. The lowest BCUT2D eigenvalue weighted by Gasteiger charge is -2.16. The molecule has 5 nitrogen and oxygen atoms in total. The molecule has 0 aromatic heterocycles. The van der Waals surface area contributed by atoms with E-state index in [4.69, 9.17) is 0 Å². The molecule has 142 valence electrons. The van der Waals surface area contributed by atoms with Crippen LogP contribution in [0.3, 0.4) is 0 Å². The van der Waals surface area contributed by atoms with E-state index < -0.39 is 17.8 Å². The summed E-state index contributed by atoms with van der Waals surface area (Å²) in [4.78, 5) is 24.1. The van der Waals surface area contributed by atoms with Gasteiger partial charge in [-0.15, -0.1) is 0 Å². The minimum absolute atomic E-state index is 0.0169. The molecule has 0 spiro atoms. The van der Waals surface area contributed by atoms with Crippen molar-refractivity contribution in [1.29, 1.82) is 0 Å². The van der Waals surface area contributed by atoms with Crippen molar-refractivity contribution in [1.82, 2.24) is 5.32 Å². The highest BCUT2D eigenvalue weighted by molar-refractivity contribution is 6.01. The quantitative estimate of drug-likeness (QED) is 0.617. The summed E-state index contributed by atoms with van der Waals surface area (Å²) < 4.78 is 13.6. The minimum atomic E-state index is -0.764. The van der Waals surface area contributed by atoms with Crippen LogP contribution in [0.15, 0.2) is 84.9 Å². The summed E-state index contributed by atoms with van der Waals surface area (Å²) in [5.74, 6) is -1.03. The van der Waals surface area contributed by atoms with Crippen LogP contribution in [0.25, 0.3) is 0 Å². The lowest BCUT2D eigenvalue weighted by molar-refractivity contribution is -0.676. The van der Waals surface area contributed by atoms with Gasteiger partial charge in [-0.3, -0.25) is 10.1 Å². The van der Waals surface area contributed by atoms with Crippen LogP contribution in [0.2, 0.25) is 0 Å². The SMILES string of the molecule is O=C(C[NH2+]C(c1ccccc1)c1ccccc1)NC(=O)Nc1ccccc1F. The third-order valence-electron chi connectivity index (χ3n) is 4.23. The van der Waals surface area contributed by atoms with E-state index in [0.29, 0.717) is 0 Å². The normalized spacial score (nSPS) is 10.5. The number of amides is 3. The number of benzene rings is 3. The van der Waals surface area contributed by atoms with E-state index >= 15 is 0 Å². The summed E-state index contributed by atoms with van der Waals surface area (Å²) in [5.41, 5.74) is 2.12. The second kappa shape index (κ2) is 9.43.